The molecule has 2 rings (SSSR count). The van der Waals surface area contributed by atoms with Gasteiger partial charge in [-0.3, -0.25) is 9.48 Å². The van der Waals surface area contributed by atoms with E-state index in [-0.39, 0.29) is 5.91 Å². The zero-order valence-electron chi connectivity index (χ0n) is 15.6. The molecule has 0 unspecified atom stereocenters. The van der Waals surface area contributed by atoms with E-state index >= 15 is 0 Å². The number of amides is 1. The van der Waals surface area contributed by atoms with Crippen molar-refractivity contribution in [2.24, 2.45) is 7.05 Å². The number of rotatable bonds is 7. The molecule has 0 aliphatic rings. The van der Waals surface area contributed by atoms with Crippen molar-refractivity contribution in [3.05, 3.63) is 34.6 Å². The van der Waals surface area contributed by atoms with E-state index in [1.807, 2.05) is 33.0 Å². The summed E-state index contributed by atoms with van der Waals surface area (Å²) < 4.78 is 17.7. The zero-order valence-corrected chi connectivity index (χ0v) is 15.6. The molecule has 1 N–H and O–H groups in total. The number of hydrogen-bond acceptors (Lipinski definition) is 5. The molecule has 2 aromatic rings. The molecule has 7 heteroatoms. The summed E-state index contributed by atoms with van der Waals surface area (Å²) in [4.78, 5) is 12.3. The molecule has 0 aliphatic heterocycles. The van der Waals surface area contributed by atoms with Gasteiger partial charge >= 0.3 is 0 Å². The normalized spacial score (nSPS) is 10.5. The molecule has 0 aliphatic carbocycles. The fourth-order valence-corrected chi connectivity index (χ4v) is 2.73. The van der Waals surface area contributed by atoms with Crippen molar-refractivity contribution in [3.8, 4) is 17.2 Å². The van der Waals surface area contributed by atoms with Crippen LogP contribution in [0.1, 0.15) is 22.5 Å². The first-order valence-corrected chi connectivity index (χ1v) is 7.95. The summed E-state index contributed by atoms with van der Waals surface area (Å²) in [7, 11) is 6.56. The number of nitrogens with zero attached hydrogens (tertiary/aromatic N) is 2. The highest BCUT2D eigenvalue weighted by Gasteiger charge is 2.15. The number of ether oxygens (including phenoxy) is 3. The van der Waals surface area contributed by atoms with Crippen LogP contribution in [0, 0.1) is 13.8 Å². The Bertz CT molecular complexity index is 743. The first kappa shape index (κ1) is 18.6. The highest BCUT2D eigenvalue weighted by molar-refractivity contribution is 5.79. The standard InChI is InChI=1S/C18H25N3O4/c1-11-14(12(2)21(3)20-11)9-17(22)19-10-13-7-15(23-4)18(25-6)16(8-13)24-5/h7-8H,9-10H2,1-6H3,(H,19,22). The molecule has 25 heavy (non-hydrogen) atoms. The van der Waals surface area contributed by atoms with E-state index in [4.69, 9.17) is 14.2 Å². The molecule has 0 fully saturated rings. The summed E-state index contributed by atoms with van der Waals surface area (Å²) in [5.74, 6) is 1.59. The Hall–Kier alpha value is -2.70. The van der Waals surface area contributed by atoms with Gasteiger partial charge in [0.25, 0.3) is 0 Å². The van der Waals surface area contributed by atoms with Crippen LogP contribution in [-0.2, 0) is 24.8 Å². The molecule has 0 bridgehead atoms. The minimum absolute atomic E-state index is 0.0621. The first-order valence-electron chi connectivity index (χ1n) is 7.95. The largest absolute Gasteiger partial charge is 0.493 e. The predicted molar refractivity (Wildman–Crippen MR) is 94.3 cm³/mol. The molecule has 0 saturated carbocycles. The number of methoxy groups -OCH3 is 3. The lowest BCUT2D eigenvalue weighted by molar-refractivity contribution is -0.120. The fraction of sp³-hybridized carbons (Fsp3) is 0.444. The second-order valence-electron chi connectivity index (χ2n) is 5.76. The highest BCUT2D eigenvalue weighted by Crippen LogP contribution is 2.38. The van der Waals surface area contributed by atoms with Gasteiger partial charge < -0.3 is 19.5 Å². The van der Waals surface area contributed by atoms with E-state index in [2.05, 4.69) is 10.4 Å². The summed E-state index contributed by atoms with van der Waals surface area (Å²) in [6, 6.07) is 3.64. The van der Waals surface area contributed by atoms with E-state index in [1.54, 1.807) is 26.0 Å². The van der Waals surface area contributed by atoms with Crippen LogP contribution in [0.2, 0.25) is 0 Å². The average Bonchev–Trinajstić information content (AvgIpc) is 2.84. The van der Waals surface area contributed by atoms with E-state index in [1.165, 1.54) is 0 Å². The number of aromatic nitrogens is 2. The van der Waals surface area contributed by atoms with Gasteiger partial charge in [0, 0.05) is 24.8 Å². The van der Waals surface area contributed by atoms with Crippen molar-refractivity contribution < 1.29 is 19.0 Å². The van der Waals surface area contributed by atoms with Crippen molar-refractivity contribution in [2.45, 2.75) is 26.8 Å². The Labute approximate surface area is 147 Å². The molecule has 1 amide bonds. The Morgan fingerprint density at radius 2 is 1.72 bits per heavy atom. The third-order valence-electron chi connectivity index (χ3n) is 4.21. The van der Waals surface area contributed by atoms with Gasteiger partial charge in [0.05, 0.1) is 33.4 Å². The van der Waals surface area contributed by atoms with Gasteiger partial charge in [-0.05, 0) is 31.5 Å². The molecule has 0 radical (unpaired) electrons. The molecule has 1 aromatic carbocycles. The minimum atomic E-state index is -0.0621. The minimum Gasteiger partial charge on any atom is -0.493 e. The lowest BCUT2D eigenvalue weighted by atomic mass is 10.1. The Morgan fingerprint density at radius 3 is 2.16 bits per heavy atom. The molecule has 136 valence electrons. The molecule has 0 saturated heterocycles. The number of nitrogens with one attached hydrogen (secondary N) is 1. The number of hydrogen-bond donors (Lipinski definition) is 1. The summed E-state index contributed by atoms with van der Waals surface area (Å²) in [5, 5.41) is 7.26. The number of aryl methyl sites for hydroxylation is 2. The molecule has 7 nitrogen and oxygen atoms in total. The number of carbonyl (C=O) groups is 1. The van der Waals surface area contributed by atoms with Gasteiger partial charge in [-0.1, -0.05) is 0 Å². The summed E-state index contributed by atoms with van der Waals surface area (Å²) >= 11 is 0. The molecule has 1 aromatic heterocycles. The Morgan fingerprint density at radius 1 is 1.12 bits per heavy atom. The second kappa shape index (κ2) is 7.92. The molecule has 0 spiro atoms. The summed E-state index contributed by atoms with van der Waals surface area (Å²) in [5.41, 5.74) is 3.70. The predicted octanol–water partition coefficient (Wildman–Crippen LogP) is 1.92. The maximum atomic E-state index is 12.3. The van der Waals surface area contributed by atoms with Crippen LogP contribution in [-0.4, -0.2) is 37.0 Å². The monoisotopic (exact) mass is 347 g/mol. The topological polar surface area (TPSA) is 74.6 Å². The van der Waals surface area contributed by atoms with Crippen LogP contribution in [0.25, 0.3) is 0 Å². The smallest absolute Gasteiger partial charge is 0.224 e. The van der Waals surface area contributed by atoms with Crippen molar-refractivity contribution >= 4 is 5.91 Å². The van der Waals surface area contributed by atoms with Crippen LogP contribution in [0.15, 0.2) is 12.1 Å². The quantitative estimate of drug-likeness (QED) is 0.828. The second-order valence-corrected chi connectivity index (χ2v) is 5.76. The van der Waals surface area contributed by atoms with Crippen molar-refractivity contribution in [1.82, 2.24) is 15.1 Å². The number of carbonyl (C=O) groups excluding carboxylic acids is 1. The maximum absolute atomic E-state index is 12.3. The number of benzene rings is 1. The van der Waals surface area contributed by atoms with Gasteiger partial charge in [0.2, 0.25) is 11.7 Å². The first-order chi connectivity index (χ1) is 11.9. The van der Waals surface area contributed by atoms with E-state index < -0.39 is 0 Å². The third-order valence-corrected chi connectivity index (χ3v) is 4.21. The lowest BCUT2D eigenvalue weighted by Gasteiger charge is -2.14. The van der Waals surface area contributed by atoms with Gasteiger partial charge in [0.1, 0.15) is 0 Å². The van der Waals surface area contributed by atoms with Gasteiger partial charge in [0.15, 0.2) is 11.5 Å². The van der Waals surface area contributed by atoms with Crippen LogP contribution in [0.3, 0.4) is 0 Å². The van der Waals surface area contributed by atoms with Crippen molar-refractivity contribution in [2.75, 3.05) is 21.3 Å². The van der Waals surface area contributed by atoms with Gasteiger partial charge in [-0.25, -0.2) is 0 Å². The van der Waals surface area contributed by atoms with E-state index in [0.717, 1.165) is 22.5 Å². The van der Waals surface area contributed by atoms with Gasteiger partial charge in [-0.15, -0.1) is 0 Å². The Kier molecular flexibility index (Phi) is 5.90. The fourth-order valence-electron chi connectivity index (χ4n) is 2.73. The van der Waals surface area contributed by atoms with Crippen LogP contribution in [0.5, 0.6) is 17.2 Å². The SMILES string of the molecule is COc1cc(CNC(=O)Cc2c(C)nn(C)c2C)cc(OC)c1OC. The zero-order chi connectivity index (χ0) is 18.6. The average molecular weight is 347 g/mol. The molecule has 0 atom stereocenters. The molecule has 1 heterocycles. The summed E-state index contributed by atoms with van der Waals surface area (Å²) in [6.07, 6.45) is 0.302. The maximum Gasteiger partial charge on any atom is 0.224 e. The third kappa shape index (κ3) is 4.04. The van der Waals surface area contributed by atoms with Crippen molar-refractivity contribution in [3.63, 3.8) is 0 Å². The van der Waals surface area contributed by atoms with Gasteiger partial charge in [-0.2, -0.15) is 5.10 Å². The molecular weight excluding hydrogens is 322 g/mol. The Balaban J connectivity index is 2.09. The van der Waals surface area contributed by atoms with Crippen LogP contribution < -0.4 is 19.5 Å². The highest BCUT2D eigenvalue weighted by atomic mass is 16.5. The lowest BCUT2D eigenvalue weighted by Crippen LogP contribution is -2.25. The van der Waals surface area contributed by atoms with E-state index in [9.17, 15) is 4.79 Å². The molecular formula is C18H25N3O4. The van der Waals surface area contributed by atoms with E-state index in [0.29, 0.717) is 30.2 Å². The van der Waals surface area contributed by atoms with Crippen molar-refractivity contribution in [1.29, 1.82) is 0 Å². The summed E-state index contributed by atoms with van der Waals surface area (Å²) in [6.45, 7) is 4.24. The van der Waals surface area contributed by atoms with Crippen LogP contribution in [0.4, 0.5) is 0 Å². The van der Waals surface area contributed by atoms with Crippen LogP contribution >= 0.6 is 0 Å².